The average Bonchev–Trinajstić information content (AvgIpc) is 2.92. The van der Waals surface area contributed by atoms with Crippen molar-refractivity contribution in [1.82, 2.24) is 19.5 Å². The molecule has 144 valence electrons. The molecule has 27 heavy (non-hydrogen) atoms. The van der Waals surface area contributed by atoms with Crippen LogP contribution in [0, 0.1) is 0 Å². The second-order valence-corrected chi connectivity index (χ2v) is 7.22. The monoisotopic (exact) mass is 395 g/mol. The third-order valence-corrected chi connectivity index (χ3v) is 4.68. The van der Waals surface area contributed by atoms with Crippen molar-refractivity contribution in [3.05, 3.63) is 29.8 Å². The zero-order valence-corrected chi connectivity index (χ0v) is 15.2. The van der Waals surface area contributed by atoms with E-state index in [-0.39, 0.29) is 47.5 Å². The highest BCUT2D eigenvalue weighted by molar-refractivity contribution is 7.60. The van der Waals surface area contributed by atoms with Crippen molar-refractivity contribution in [2.45, 2.75) is 6.54 Å². The van der Waals surface area contributed by atoms with Crippen molar-refractivity contribution in [3.63, 3.8) is 0 Å². The largest absolute Gasteiger partial charge is 0.480 e. The number of imidazole rings is 1. The summed E-state index contributed by atoms with van der Waals surface area (Å²) in [5.41, 5.74) is 7.03. The lowest BCUT2D eigenvalue weighted by molar-refractivity contribution is 0.141. The normalized spacial score (nSPS) is 11.8. The quantitative estimate of drug-likeness (QED) is 0.316. The van der Waals surface area contributed by atoms with E-state index in [1.807, 2.05) is 0 Å². The third-order valence-electron chi connectivity index (χ3n) is 3.71. The molecule has 0 saturated carbocycles. The van der Waals surface area contributed by atoms with Crippen molar-refractivity contribution in [3.8, 4) is 12.0 Å². The minimum Gasteiger partial charge on any atom is -0.480 e. The molecule has 0 spiro atoms. The highest BCUT2D eigenvalue weighted by Gasteiger charge is 2.19. The summed E-state index contributed by atoms with van der Waals surface area (Å²) in [6.07, 6.45) is 0. The van der Waals surface area contributed by atoms with Crippen LogP contribution in [-0.4, -0.2) is 54.7 Å². The van der Waals surface area contributed by atoms with Gasteiger partial charge in [-0.1, -0.05) is 12.1 Å². The first kappa shape index (κ1) is 19.1. The molecule has 2 aromatic heterocycles. The number of nitrogens with zero attached hydrogens (tertiary/aromatic N) is 4. The molecule has 0 fully saturated rings. The summed E-state index contributed by atoms with van der Waals surface area (Å²) in [5.74, 6) is 0.0540. The predicted octanol–water partition coefficient (Wildman–Crippen LogP) is -0.00940. The van der Waals surface area contributed by atoms with Gasteiger partial charge < -0.3 is 30.1 Å². The molecule has 2 heterocycles. The summed E-state index contributed by atoms with van der Waals surface area (Å²) >= 11 is 0. The number of benzene rings is 1. The molecule has 0 aliphatic carbocycles. The molecule has 3 aromatic rings. The first-order valence-corrected chi connectivity index (χ1v) is 9.40. The van der Waals surface area contributed by atoms with E-state index in [1.165, 1.54) is 23.8 Å². The van der Waals surface area contributed by atoms with E-state index >= 15 is 0 Å². The summed E-state index contributed by atoms with van der Waals surface area (Å²) in [6.45, 7) is 0.723. The number of hydrogen-bond donors (Lipinski definition) is 4. The summed E-state index contributed by atoms with van der Waals surface area (Å²) in [5, 5.41) is 10.1. The molecule has 5 N–H and O–H groups in total. The Morgan fingerprint density at radius 1 is 1.15 bits per heavy atom. The van der Waals surface area contributed by atoms with E-state index in [4.69, 9.17) is 15.2 Å². The zero-order valence-electron chi connectivity index (χ0n) is 14.3. The van der Waals surface area contributed by atoms with Crippen LogP contribution in [0.2, 0.25) is 0 Å². The fourth-order valence-electron chi connectivity index (χ4n) is 2.39. The van der Waals surface area contributed by atoms with Crippen LogP contribution in [0.25, 0.3) is 11.2 Å². The number of methoxy groups -OCH3 is 1. The maximum atomic E-state index is 11.3. The van der Waals surface area contributed by atoms with Gasteiger partial charge in [0, 0.05) is 7.11 Å². The zero-order chi connectivity index (χ0) is 19.6. The Morgan fingerprint density at radius 2 is 1.85 bits per heavy atom. The molecule has 0 bridgehead atoms. The van der Waals surface area contributed by atoms with Gasteiger partial charge in [-0.15, -0.1) is 0 Å². The number of hydrogen-bond acceptors (Lipinski definition) is 8. The van der Waals surface area contributed by atoms with Gasteiger partial charge in [0.1, 0.15) is 6.61 Å². The van der Waals surface area contributed by atoms with Gasteiger partial charge in [-0.05, 0) is 17.7 Å². The maximum Gasteiger partial charge on any atom is 0.356 e. The summed E-state index contributed by atoms with van der Waals surface area (Å²) in [4.78, 5) is 30.5. The molecule has 0 unspecified atom stereocenters. The Labute approximate surface area is 153 Å². The minimum absolute atomic E-state index is 0.0232. The molecule has 11 nitrogen and oxygen atoms in total. The Bertz CT molecular complexity index is 1000. The average molecular weight is 395 g/mol. The van der Waals surface area contributed by atoms with Crippen LogP contribution >= 0.6 is 7.60 Å². The molecule has 0 atom stereocenters. The first-order valence-electron chi connectivity index (χ1n) is 7.79. The van der Waals surface area contributed by atoms with E-state index in [1.54, 1.807) is 12.1 Å². The van der Waals surface area contributed by atoms with Crippen LogP contribution in [0.5, 0.6) is 12.0 Å². The van der Waals surface area contributed by atoms with Crippen LogP contribution in [0.4, 0.5) is 5.82 Å². The van der Waals surface area contributed by atoms with Crippen LogP contribution in [0.3, 0.4) is 0 Å². The number of ether oxygens (including phenoxy) is 2. The lowest BCUT2D eigenvalue weighted by atomic mass is 10.2. The molecule has 12 heteroatoms. The molecule has 0 radical (unpaired) electrons. The smallest absolute Gasteiger partial charge is 0.356 e. The van der Waals surface area contributed by atoms with Gasteiger partial charge in [0.2, 0.25) is 0 Å². The van der Waals surface area contributed by atoms with E-state index in [9.17, 15) is 19.5 Å². The van der Waals surface area contributed by atoms with Crippen LogP contribution in [0.15, 0.2) is 24.3 Å². The molecule has 3 rings (SSSR count). The van der Waals surface area contributed by atoms with E-state index in [2.05, 4.69) is 15.0 Å². The standard InChI is InChI=1S/C15H18N5O6P/c1-25-6-7-26-14-18-12(16)11-13(19-14)20(15(21)17-11)8-9-2-4-10(5-3-9)27(22,23)24/h2-5H,6-8H2,1H3,(H,17,21)(H2,16,18,19)(H2,22,23,24). The van der Waals surface area contributed by atoms with Gasteiger partial charge in [0.15, 0.2) is 17.0 Å². The maximum absolute atomic E-state index is 11.3. The summed E-state index contributed by atoms with van der Waals surface area (Å²) < 4.78 is 22.9. The molecular weight excluding hydrogens is 377 g/mol. The first-order chi connectivity index (χ1) is 12.8. The second kappa shape index (κ2) is 7.49. The number of nitrogen functional groups attached to an aromatic ring is 1. The highest BCUT2D eigenvalue weighted by atomic mass is 31.2. The fraction of sp³-hybridized carbons (Fsp3) is 0.267. The molecule has 0 aliphatic heterocycles. The van der Waals surface area contributed by atoms with Crippen molar-refractivity contribution < 1.29 is 28.9 Å². The van der Waals surface area contributed by atoms with Crippen molar-refractivity contribution in [1.29, 1.82) is 0 Å². The second-order valence-electron chi connectivity index (χ2n) is 5.61. The number of rotatable bonds is 7. The number of nitrogens with two attached hydrogens (primary N) is 1. The molecule has 0 saturated heterocycles. The predicted molar refractivity (Wildman–Crippen MR) is 96.0 cm³/mol. The Kier molecular flexibility index (Phi) is 5.29. The van der Waals surface area contributed by atoms with Crippen LogP contribution in [0.1, 0.15) is 5.56 Å². The van der Waals surface area contributed by atoms with Gasteiger partial charge in [0.25, 0.3) is 6.01 Å². The number of aromatic nitrogens is 4. The fourth-order valence-corrected chi connectivity index (χ4v) is 2.93. The van der Waals surface area contributed by atoms with Crippen molar-refractivity contribution >= 4 is 29.9 Å². The van der Waals surface area contributed by atoms with Gasteiger partial charge >= 0.3 is 13.6 Å². The van der Waals surface area contributed by atoms with Crippen LogP contribution in [-0.2, 0) is 15.8 Å². The topological polar surface area (TPSA) is 166 Å². The van der Waals surface area contributed by atoms with E-state index in [0.717, 1.165) is 0 Å². The summed E-state index contributed by atoms with van der Waals surface area (Å²) in [7, 11) is -2.78. The van der Waals surface area contributed by atoms with Gasteiger partial charge in [0.05, 0.1) is 18.5 Å². The summed E-state index contributed by atoms with van der Waals surface area (Å²) in [6, 6.07) is 5.44. The third kappa shape index (κ3) is 4.17. The number of fused-ring (bicyclic) bond motifs is 1. The lowest BCUT2D eigenvalue weighted by Crippen LogP contribution is -2.09. The number of anilines is 1. The minimum atomic E-state index is -4.32. The molecular formula is C15H18N5O6P. The Hall–Kier alpha value is -2.72. The van der Waals surface area contributed by atoms with Gasteiger partial charge in [-0.2, -0.15) is 15.0 Å². The number of aromatic hydroxyl groups is 1. The van der Waals surface area contributed by atoms with E-state index in [0.29, 0.717) is 12.2 Å². The van der Waals surface area contributed by atoms with E-state index < -0.39 is 7.60 Å². The van der Waals surface area contributed by atoms with Crippen molar-refractivity contribution in [2.75, 3.05) is 26.1 Å². The molecule has 0 amide bonds. The lowest BCUT2D eigenvalue weighted by Gasteiger charge is -2.09. The Balaban J connectivity index is 1.93. The Morgan fingerprint density at radius 3 is 2.48 bits per heavy atom. The van der Waals surface area contributed by atoms with Gasteiger partial charge in [-0.3, -0.25) is 9.13 Å². The van der Waals surface area contributed by atoms with Crippen LogP contribution < -0.4 is 15.8 Å². The van der Waals surface area contributed by atoms with Gasteiger partial charge in [-0.25, -0.2) is 0 Å². The SMILES string of the molecule is COCCOc1nc(N)c2nc(O)n(Cc3ccc(P(=O)(O)O)cc3)c2n1. The highest BCUT2D eigenvalue weighted by Crippen LogP contribution is 2.33. The molecule has 1 aromatic carbocycles. The molecule has 0 aliphatic rings. The van der Waals surface area contributed by atoms with Crippen molar-refractivity contribution in [2.24, 2.45) is 0 Å².